The van der Waals surface area contributed by atoms with E-state index < -0.39 is 15.8 Å². The lowest BCUT2D eigenvalue weighted by Gasteiger charge is -2.28. The monoisotopic (exact) mass is 270 g/mol. The molecule has 2 aliphatic rings. The zero-order valence-corrected chi connectivity index (χ0v) is 11.2. The van der Waals surface area contributed by atoms with Gasteiger partial charge in [0.05, 0.1) is 23.5 Å². The lowest BCUT2D eigenvalue weighted by atomic mass is 10.1. The zero-order valence-electron chi connectivity index (χ0n) is 10.3. The van der Waals surface area contributed by atoms with Crippen LogP contribution in [0.5, 0.6) is 0 Å². The van der Waals surface area contributed by atoms with Crippen LogP contribution in [0.25, 0.3) is 0 Å². The Morgan fingerprint density at radius 3 is 2.44 bits per heavy atom. The SMILES string of the molecule is N#CCN(C(=O)C1CCS(=O)(=O)C1)C1CCCC1. The van der Waals surface area contributed by atoms with E-state index in [9.17, 15) is 13.2 Å². The van der Waals surface area contributed by atoms with Crippen LogP contribution in [0, 0.1) is 17.2 Å². The Hall–Kier alpha value is -1.09. The van der Waals surface area contributed by atoms with E-state index in [4.69, 9.17) is 5.26 Å². The smallest absolute Gasteiger partial charge is 0.227 e. The summed E-state index contributed by atoms with van der Waals surface area (Å²) < 4.78 is 22.8. The second kappa shape index (κ2) is 5.27. The third-order valence-corrected chi connectivity index (χ3v) is 5.64. The van der Waals surface area contributed by atoms with Crippen LogP contribution in [0.2, 0.25) is 0 Å². The molecule has 0 aromatic rings. The molecule has 1 saturated carbocycles. The molecule has 0 spiro atoms. The number of nitriles is 1. The van der Waals surface area contributed by atoms with Crippen LogP contribution in [0.4, 0.5) is 0 Å². The Kier molecular flexibility index (Phi) is 3.91. The third-order valence-electron chi connectivity index (χ3n) is 3.87. The number of carbonyl (C=O) groups is 1. The highest BCUT2D eigenvalue weighted by molar-refractivity contribution is 7.91. The molecule has 6 heteroatoms. The van der Waals surface area contributed by atoms with Crippen LogP contribution in [0.1, 0.15) is 32.1 Å². The number of rotatable bonds is 3. The molecule has 1 aliphatic heterocycles. The van der Waals surface area contributed by atoms with Gasteiger partial charge in [-0.05, 0) is 19.3 Å². The van der Waals surface area contributed by atoms with Crippen molar-refractivity contribution < 1.29 is 13.2 Å². The largest absolute Gasteiger partial charge is 0.326 e. The van der Waals surface area contributed by atoms with Gasteiger partial charge in [0.1, 0.15) is 6.54 Å². The van der Waals surface area contributed by atoms with Gasteiger partial charge < -0.3 is 4.90 Å². The van der Waals surface area contributed by atoms with Gasteiger partial charge in [0.25, 0.3) is 0 Å². The van der Waals surface area contributed by atoms with E-state index in [1.54, 1.807) is 4.90 Å². The molecule has 1 unspecified atom stereocenters. The molecule has 18 heavy (non-hydrogen) atoms. The molecule has 1 heterocycles. The molecular weight excluding hydrogens is 252 g/mol. The molecule has 0 N–H and O–H groups in total. The van der Waals surface area contributed by atoms with E-state index in [-0.39, 0.29) is 30.0 Å². The number of hydrogen-bond donors (Lipinski definition) is 0. The van der Waals surface area contributed by atoms with Gasteiger partial charge >= 0.3 is 0 Å². The van der Waals surface area contributed by atoms with E-state index in [1.165, 1.54) is 0 Å². The first-order valence-corrected chi connectivity index (χ1v) is 8.23. The maximum atomic E-state index is 12.3. The minimum absolute atomic E-state index is 0.0412. The Balaban J connectivity index is 2.06. The summed E-state index contributed by atoms with van der Waals surface area (Å²) in [5.74, 6) is -0.497. The van der Waals surface area contributed by atoms with Gasteiger partial charge in [-0.1, -0.05) is 12.8 Å². The summed E-state index contributed by atoms with van der Waals surface area (Å²) in [6, 6.07) is 2.16. The molecule has 2 rings (SSSR count). The van der Waals surface area contributed by atoms with Crippen LogP contribution >= 0.6 is 0 Å². The number of sulfone groups is 1. The Morgan fingerprint density at radius 2 is 1.94 bits per heavy atom. The molecule has 0 radical (unpaired) electrons. The average molecular weight is 270 g/mol. The lowest BCUT2D eigenvalue weighted by Crippen LogP contribution is -2.43. The number of hydrogen-bond acceptors (Lipinski definition) is 4. The third kappa shape index (κ3) is 2.83. The second-order valence-corrected chi connectivity index (χ2v) is 7.39. The highest BCUT2D eigenvalue weighted by Gasteiger charge is 2.37. The minimum Gasteiger partial charge on any atom is -0.326 e. The topological polar surface area (TPSA) is 78.2 Å². The van der Waals surface area contributed by atoms with Crippen molar-refractivity contribution in [3.63, 3.8) is 0 Å². The first-order chi connectivity index (χ1) is 8.53. The molecule has 0 aromatic heterocycles. The molecule has 1 saturated heterocycles. The van der Waals surface area contributed by atoms with Gasteiger partial charge in [-0.3, -0.25) is 4.79 Å². The van der Waals surface area contributed by atoms with Crippen molar-refractivity contribution in [3.8, 4) is 6.07 Å². The first kappa shape index (κ1) is 13.3. The van der Waals surface area contributed by atoms with Gasteiger partial charge in [-0.25, -0.2) is 8.42 Å². The van der Waals surface area contributed by atoms with E-state index >= 15 is 0 Å². The first-order valence-electron chi connectivity index (χ1n) is 6.41. The summed E-state index contributed by atoms with van der Waals surface area (Å²) in [6.07, 6.45) is 4.46. The van der Waals surface area contributed by atoms with E-state index in [0.29, 0.717) is 6.42 Å². The van der Waals surface area contributed by atoms with Gasteiger partial charge in [-0.2, -0.15) is 5.26 Å². The van der Waals surface area contributed by atoms with Crippen molar-refractivity contribution in [1.82, 2.24) is 4.90 Å². The molecular formula is C12H18N2O3S. The van der Waals surface area contributed by atoms with E-state index in [1.807, 2.05) is 6.07 Å². The lowest BCUT2D eigenvalue weighted by molar-refractivity contribution is -0.136. The number of amides is 1. The van der Waals surface area contributed by atoms with Crippen LogP contribution in [0.3, 0.4) is 0 Å². The Bertz CT molecular complexity index is 460. The van der Waals surface area contributed by atoms with Crippen LogP contribution in [-0.4, -0.2) is 43.3 Å². The average Bonchev–Trinajstić information content (AvgIpc) is 2.94. The predicted molar refractivity (Wildman–Crippen MR) is 66.3 cm³/mol. The summed E-state index contributed by atoms with van der Waals surface area (Å²) >= 11 is 0. The maximum Gasteiger partial charge on any atom is 0.227 e. The van der Waals surface area contributed by atoms with Gasteiger partial charge in [-0.15, -0.1) is 0 Å². The van der Waals surface area contributed by atoms with Crippen molar-refractivity contribution >= 4 is 15.7 Å². The summed E-state index contributed by atoms with van der Waals surface area (Å²) in [4.78, 5) is 13.9. The Labute approximate surface area is 108 Å². The zero-order chi connectivity index (χ0) is 13.2. The summed E-state index contributed by atoms with van der Waals surface area (Å²) in [7, 11) is -3.04. The van der Waals surface area contributed by atoms with Crippen LogP contribution in [-0.2, 0) is 14.6 Å². The van der Waals surface area contributed by atoms with Crippen molar-refractivity contribution in [2.45, 2.75) is 38.1 Å². The number of nitrogens with zero attached hydrogens (tertiary/aromatic N) is 2. The predicted octanol–water partition coefficient (Wildman–Crippen LogP) is 0.716. The van der Waals surface area contributed by atoms with E-state index in [0.717, 1.165) is 25.7 Å². The summed E-state index contributed by atoms with van der Waals surface area (Å²) in [5.41, 5.74) is 0. The van der Waals surface area contributed by atoms with Crippen LogP contribution in [0.15, 0.2) is 0 Å². The fourth-order valence-corrected chi connectivity index (χ4v) is 4.64. The van der Waals surface area contributed by atoms with Crippen molar-refractivity contribution in [2.24, 2.45) is 5.92 Å². The highest BCUT2D eigenvalue weighted by atomic mass is 32.2. The van der Waals surface area contributed by atoms with Crippen molar-refractivity contribution in [1.29, 1.82) is 5.26 Å². The summed E-state index contributed by atoms with van der Waals surface area (Å²) in [5, 5.41) is 8.83. The maximum absolute atomic E-state index is 12.3. The second-order valence-electron chi connectivity index (χ2n) is 5.16. The van der Waals surface area contributed by atoms with Crippen LogP contribution < -0.4 is 0 Å². The molecule has 1 amide bonds. The standard InChI is InChI=1S/C12H18N2O3S/c13-6-7-14(11-3-1-2-4-11)12(15)10-5-8-18(16,17)9-10/h10-11H,1-5,7-9H2. The molecule has 1 aliphatic carbocycles. The van der Waals surface area contributed by atoms with Gasteiger partial charge in [0.15, 0.2) is 9.84 Å². The Morgan fingerprint density at radius 1 is 1.28 bits per heavy atom. The fraction of sp³-hybridized carbons (Fsp3) is 0.833. The van der Waals surface area contributed by atoms with Crippen molar-refractivity contribution in [2.75, 3.05) is 18.1 Å². The molecule has 0 aromatic carbocycles. The number of carbonyl (C=O) groups excluding carboxylic acids is 1. The fourth-order valence-electron chi connectivity index (χ4n) is 2.90. The molecule has 0 bridgehead atoms. The highest BCUT2D eigenvalue weighted by Crippen LogP contribution is 2.27. The van der Waals surface area contributed by atoms with Crippen molar-refractivity contribution in [3.05, 3.63) is 0 Å². The summed E-state index contributed by atoms with van der Waals surface area (Å²) in [6.45, 7) is 0.0834. The molecule has 1 atom stereocenters. The van der Waals surface area contributed by atoms with Gasteiger partial charge in [0.2, 0.25) is 5.91 Å². The molecule has 2 fully saturated rings. The van der Waals surface area contributed by atoms with Gasteiger partial charge in [0, 0.05) is 6.04 Å². The molecule has 100 valence electrons. The molecule has 5 nitrogen and oxygen atoms in total. The normalized spacial score (nSPS) is 26.9. The quantitative estimate of drug-likeness (QED) is 0.708. The van der Waals surface area contributed by atoms with E-state index in [2.05, 4.69) is 0 Å². The minimum atomic E-state index is -3.04.